The molecule has 2 N–H and O–H groups in total. The Balaban J connectivity index is 1.30. The molecule has 1 atom stereocenters. The first-order valence-electron chi connectivity index (χ1n) is 11.3. The SMILES string of the molecule is Clc1cc(NC2CCCC2)c2[nH]c(C3=NC(CCN4CCCCC4)CS3)cc2c1. The highest BCUT2D eigenvalue weighted by Crippen LogP contribution is 2.33. The summed E-state index contributed by atoms with van der Waals surface area (Å²) in [6.07, 6.45) is 10.5. The maximum Gasteiger partial charge on any atom is 0.114 e. The van der Waals surface area contributed by atoms with Crippen molar-refractivity contribution >= 4 is 45.0 Å². The van der Waals surface area contributed by atoms with E-state index in [-0.39, 0.29) is 0 Å². The summed E-state index contributed by atoms with van der Waals surface area (Å²) in [5.41, 5.74) is 3.44. The van der Waals surface area contributed by atoms with E-state index in [4.69, 9.17) is 16.6 Å². The summed E-state index contributed by atoms with van der Waals surface area (Å²) in [6, 6.07) is 7.36. The van der Waals surface area contributed by atoms with E-state index in [0.717, 1.165) is 32.7 Å². The van der Waals surface area contributed by atoms with Gasteiger partial charge >= 0.3 is 0 Å². The Morgan fingerprint density at radius 1 is 1.10 bits per heavy atom. The summed E-state index contributed by atoms with van der Waals surface area (Å²) in [5, 5.41) is 6.86. The van der Waals surface area contributed by atoms with Crippen LogP contribution in [0.4, 0.5) is 5.69 Å². The number of aromatic amines is 1. The van der Waals surface area contributed by atoms with Crippen molar-refractivity contribution in [3.63, 3.8) is 0 Å². The Kier molecular flexibility index (Phi) is 6.07. The molecule has 5 rings (SSSR count). The lowest BCUT2D eigenvalue weighted by Crippen LogP contribution is -2.32. The molecule has 2 aliphatic heterocycles. The third-order valence-corrected chi connectivity index (χ3v) is 7.95. The van der Waals surface area contributed by atoms with Crippen molar-refractivity contribution in [3.8, 4) is 0 Å². The highest BCUT2D eigenvalue weighted by atomic mass is 35.5. The van der Waals surface area contributed by atoms with E-state index in [9.17, 15) is 0 Å². The van der Waals surface area contributed by atoms with Crippen LogP contribution in [-0.2, 0) is 0 Å². The van der Waals surface area contributed by atoms with E-state index in [0.29, 0.717) is 12.1 Å². The second-order valence-corrected chi connectivity index (χ2v) is 10.3. The smallest absolute Gasteiger partial charge is 0.114 e. The van der Waals surface area contributed by atoms with Gasteiger partial charge < -0.3 is 15.2 Å². The summed E-state index contributed by atoms with van der Waals surface area (Å²) < 4.78 is 0. The minimum atomic E-state index is 0.447. The molecule has 1 saturated heterocycles. The number of piperidine rings is 1. The molecule has 1 aliphatic carbocycles. The van der Waals surface area contributed by atoms with Crippen LogP contribution in [-0.4, -0.2) is 52.4 Å². The number of halogens is 1. The first-order chi connectivity index (χ1) is 14.2. The van der Waals surface area contributed by atoms with Gasteiger partial charge in [0.2, 0.25) is 0 Å². The van der Waals surface area contributed by atoms with Gasteiger partial charge in [-0.3, -0.25) is 4.99 Å². The van der Waals surface area contributed by atoms with Crippen LogP contribution < -0.4 is 5.32 Å². The maximum atomic E-state index is 6.42. The van der Waals surface area contributed by atoms with Crippen LogP contribution >= 0.6 is 23.4 Å². The Morgan fingerprint density at radius 2 is 1.93 bits per heavy atom. The second-order valence-electron chi connectivity index (χ2n) is 8.82. The Labute approximate surface area is 182 Å². The van der Waals surface area contributed by atoms with Crippen LogP contribution in [0.5, 0.6) is 0 Å². The average molecular weight is 431 g/mol. The van der Waals surface area contributed by atoms with Gasteiger partial charge in [0.05, 0.1) is 22.9 Å². The molecule has 0 radical (unpaired) electrons. The van der Waals surface area contributed by atoms with Crippen molar-refractivity contribution in [2.45, 2.75) is 63.5 Å². The third kappa shape index (κ3) is 4.62. The van der Waals surface area contributed by atoms with Crippen molar-refractivity contribution in [3.05, 3.63) is 28.9 Å². The molecule has 29 heavy (non-hydrogen) atoms. The van der Waals surface area contributed by atoms with Gasteiger partial charge in [-0.1, -0.05) is 30.9 Å². The van der Waals surface area contributed by atoms with Crippen molar-refractivity contribution in [1.29, 1.82) is 0 Å². The summed E-state index contributed by atoms with van der Waals surface area (Å²) in [6.45, 7) is 3.74. The van der Waals surface area contributed by atoms with Crippen molar-refractivity contribution in [1.82, 2.24) is 9.88 Å². The number of nitrogens with one attached hydrogen (secondary N) is 2. The molecule has 156 valence electrons. The van der Waals surface area contributed by atoms with Gasteiger partial charge in [0.25, 0.3) is 0 Å². The number of aliphatic imine (C=N–C) groups is 1. The molecule has 2 fully saturated rings. The van der Waals surface area contributed by atoms with E-state index in [2.05, 4.69) is 33.4 Å². The predicted octanol–water partition coefficient (Wildman–Crippen LogP) is 5.91. The molecule has 6 heteroatoms. The topological polar surface area (TPSA) is 43.4 Å². The van der Waals surface area contributed by atoms with Crippen LogP contribution in [0.25, 0.3) is 10.9 Å². The van der Waals surface area contributed by atoms with E-state index in [1.54, 1.807) is 0 Å². The third-order valence-electron chi connectivity index (χ3n) is 6.58. The van der Waals surface area contributed by atoms with Crippen LogP contribution in [0.3, 0.4) is 0 Å². The fourth-order valence-electron chi connectivity index (χ4n) is 4.95. The molecule has 4 nitrogen and oxygen atoms in total. The first kappa shape index (κ1) is 19.8. The maximum absolute atomic E-state index is 6.42. The molecule has 0 spiro atoms. The largest absolute Gasteiger partial charge is 0.381 e. The van der Waals surface area contributed by atoms with E-state index >= 15 is 0 Å². The summed E-state index contributed by atoms with van der Waals surface area (Å²) in [4.78, 5) is 11.3. The van der Waals surface area contributed by atoms with Crippen LogP contribution in [0, 0.1) is 0 Å². The highest BCUT2D eigenvalue weighted by molar-refractivity contribution is 8.14. The molecule has 0 amide bonds. The van der Waals surface area contributed by atoms with Gasteiger partial charge in [-0.15, -0.1) is 11.8 Å². The number of hydrogen-bond acceptors (Lipinski definition) is 4. The molecule has 3 aliphatic rings. The monoisotopic (exact) mass is 430 g/mol. The number of anilines is 1. The minimum Gasteiger partial charge on any atom is -0.381 e. The number of rotatable bonds is 6. The average Bonchev–Trinajstić information content (AvgIpc) is 3.47. The lowest BCUT2D eigenvalue weighted by Gasteiger charge is -2.26. The van der Waals surface area contributed by atoms with E-state index < -0.39 is 0 Å². The van der Waals surface area contributed by atoms with Crippen LogP contribution in [0.1, 0.15) is 57.1 Å². The van der Waals surface area contributed by atoms with Gasteiger partial charge in [-0.25, -0.2) is 0 Å². The summed E-state index contributed by atoms with van der Waals surface area (Å²) >= 11 is 8.32. The quantitative estimate of drug-likeness (QED) is 0.598. The Bertz CT molecular complexity index is 880. The number of likely N-dealkylation sites (tertiary alicyclic amines) is 1. The minimum absolute atomic E-state index is 0.447. The molecule has 1 saturated carbocycles. The van der Waals surface area contributed by atoms with Crippen molar-refractivity contribution in [2.75, 3.05) is 30.7 Å². The number of H-pyrrole nitrogens is 1. The zero-order chi connectivity index (χ0) is 19.6. The first-order valence-corrected chi connectivity index (χ1v) is 12.6. The number of fused-ring (bicyclic) bond motifs is 1. The predicted molar refractivity (Wildman–Crippen MR) is 127 cm³/mol. The fourth-order valence-corrected chi connectivity index (χ4v) is 6.26. The molecule has 2 aromatic rings. The molecule has 1 aromatic carbocycles. The van der Waals surface area contributed by atoms with Gasteiger partial charge in [-0.05, 0) is 63.4 Å². The molecule has 1 unspecified atom stereocenters. The second kappa shape index (κ2) is 8.91. The van der Waals surface area contributed by atoms with E-state index in [1.807, 2.05) is 11.8 Å². The van der Waals surface area contributed by atoms with Gasteiger partial charge in [0.1, 0.15) is 5.04 Å². The standard InChI is InChI=1S/C23H31ClN4S/c24-17-12-16-13-21(27-22(16)20(14-17)25-18-6-2-3-7-18)23-26-19(15-29-23)8-11-28-9-4-1-5-10-28/h12-14,18-19,25,27H,1-11,15H2. The number of hydrogen-bond donors (Lipinski definition) is 2. The summed E-state index contributed by atoms with van der Waals surface area (Å²) in [5.74, 6) is 1.10. The Morgan fingerprint density at radius 3 is 2.76 bits per heavy atom. The lowest BCUT2D eigenvalue weighted by molar-refractivity contribution is 0.223. The number of nitrogens with zero attached hydrogens (tertiary/aromatic N) is 2. The van der Waals surface area contributed by atoms with Crippen LogP contribution in [0.15, 0.2) is 23.2 Å². The van der Waals surface area contributed by atoms with Crippen molar-refractivity contribution in [2.24, 2.45) is 4.99 Å². The van der Waals surface area contributed by atoms with Crippen LogP contribution in [0.2, 0.25) is 5.02 Å². The lowest BCUT2D eigenvalue weighted by atomic mass is 10.1. The van der Waals surface area contributed by atoms with Crippen molar-refractivity contribution < 1.29 is 0 Å². The van der Waals surface area contributed by atoms with Gasteiger partial charge in [-0.2, -0.15) is 0 Å². The number of benzene rings is 1. The summed E-state index contributed by atoms with van der Waals surface area (Å²) in [7, 11) is 0. The zero-order valence-corrected chi connectivity index (χ0v) is 18.6. The Hall–Kier alpha value is -1.17. The molecule has 3 heterocycles. The van der Waals surface area contributed by atoms with E-state index in [1.165, 1.54) is 76.4 Å². The number of thioether (sulfide) groups is 1. The zero-order valence-electron chi connectivity index (χ0n) is 17.1. The molecule has 1 aromatic heterocycles. The fraction of sp³-hybridized carbons (Fsp3) is 0.609. The number of aromatic nitrogens is 1. The normalized spacial score (nSPS) is 23.8. The van der Waals surface area contributed by atoms with Gasteiger partial charge in [0, 0.05) is 28.7 Å². The molecular weight excluding hydrogens is 400 g/mol. The molecule has 0 bridgehead atoms. The molecular formula is C23H31ClN4S. The highest BCUT2D eigenvalue weighted by Gasteiger charge is 2.23. The van der Waals surface area contributed by atoms with Gasteiger partial charge in [0.15, 0.2) is 0 Å².